The molecule has 1 atom stereocenters. The van der Waals surface area contributed by atoms with Crippen LogP contribution in [0.15, 0.2) is 28.8 Å². The quantitative estimate of drug-likeness (QED) is 0.930. The van der Waals surface area contributed by atoms with E-state index in [9.17, 15) is 0 Å². The summed E-state index contributed by atoms with van der Waals surface area (Å²) in [5.41, 5.74) is 2.09. The number of hydrogen-bond donors (Lipinski definition) is 1. The van der Waals surface area contributed by atoms with Crippen LogP contribution in [-0.4, -0.2) is 30.8 Å². The largest absolute Gasteiger partial charge is 0.378 e. The molecule has 1 saturated heterocycles. The van der Waals surface area contributed by atoms with Gasteiger partial charge in [-0.2, -0.15) is 4.98 Å². The zero-order valence-electron chi connectivity index (χ0n) is 12.0. The highest BCUT2D eigenvalue weighted by Gasteiger charge is 2.20. The van der Waals surface area contributed by atoms with Crippen LogP contribution in [0.25, 0.3) is 11.5 Å². The third kappa shape index (κ3) is 2.67. The van der Waals surface area contributed by atoms with Crippen LogP contribution in [0.1, 0.15) is 31.1 Å². The van der Waals surface area contributed by atoms with E-state index in [4.69, 9.17) is 4.52 Å². The Morgan fingerprint density at radius 3 is 2.95 bits per heavy atom. The van der Waals surface area contributed by atoms with Gasteiger partial charge < -0.3 is 14.7 Å². The van der Waals surface area contributed by atoms with E-state index >= 15 is 0 Å². The molecule has 1 fully saturated rings. The van der Waals surface area contributed by atoms with Crippen LogP contribution in [0.2, 0.25) is 0 Å². The van der Waals surface area contributed by atoms with Crippen molar-refractivity contribution in [1.82, 2.24) is 15.5 Å². The third-order valence-corrected chi connectivity index (χ3v) is 3.67. The molecule has 1 aromatic carbocycles. The number of rotatable bonds is 3. The first-order valence-electron chi connectivity index (χ1n) is 7.09. The molecule has 106 valence electrons. The fourth-order valence-electron chi connectivity index (χ4n) is 2.48. The van der Waals surface area contributed by atoms with Crippen molar-refractivity contribution < 1.29 is 4.52 Å². The van der Waals surface area contributed by atoms with Gasteiger partial charge in [-0.05, 0) is 37.6 Å². The van der Waals surface area contributed by atoms with Crippen molar-refractivity contribution >= 4 is 5.69 Å². The molecule has 0 saturated carbocycles. The van der Waals surface area contributed by atoms with Crippen LogP contribution in [0.5, 0.6) is 0 Å². The summed E-state index contributed by atoms with van der Waals surface area (Å²) in [6, 6.07) is 8.36. The number of benzene rings is 1. The van der Waals surface area contributed by atoms with Gasteiger partial charge in [-0.1, -0.05) is 17.6 Å². The lowest BCUT2D eigenvalue weighted by molar-refractivity contribution is 0.367. The standard InChI is InChI=1S/C15H20N4O/c1-19(2)12-7-5-6-11(10-12)15-17-14(18-20-15)13-8-3-4-9-16-13/h5-7,10,13,16H,3-4,8-9H2,1-2H3. The fourth-order valence-corrected chi connectivity index (χ4v) is 2.48. The molecule has 20 heavy (non-hydrogen) atoms. The van der Waals surface area contributed by atoms with Crippen LogP contribution in [0.3, 0.4) is 0 Å². The number of anilines is 1. The van der Waals surface area contributed by atoms with E-state index in [-0.39, 0.29) is 6.04 Å². The molecule has 1 unspecified atom stereocenters. The molecule has 5 nitrogen and oxygen atoms in total. The van der Waals surface area contributed by atoms with Crippen molar-refractivity contribution in [2.45, 2.75) is 25.3 Å². The smallest absolute Gasteiger partial charge is 0.258 e. The second-order valence-electron chi connectivity index (χ2n) is 5.40. The van der Waals surface area contributed by atoms with Gasteiger partial charge >= 0.3 is 0 Å². The van der Waals surface area contributed by atoms with Gasteiger partial charge in [-0.25, -0.2) is 0 Å². The highest BCUT2D eigenvalue weighted by Crippen LogP contribution is 2.26. The van der Waals surface area contributed by atoms with Crippen LogP contribution in [0, 0.1) is 0 Å². The van der Waals surface area contributed by atoms with Gasteiger partial charge in [0.1, 0.15) is 0 Å². The Morgan fingerprint density at radius 2 is 2.20 bits per heavy atom. The molecule has 1 aliphatic heterocycles. The lowest BCUT2D eigenvalue weighted by Crippen LogP contribution is -2.27. The first-order valence-corrected chi connectivity index (χ1v) is 7.09. The fraction of sp³-hybridized carbons (Fsp3) is 0.467. The minimum absolute atomic E-state index is 0.235. The van der Waals surface area contributed by atoms with E-state index in [0.717, 1.165) is 30.0 Å². The molecule has 1 N–H and O–H groups in total. The normalized spacial score (nSPS) is 19.0. The Bertz CT molecular complexity index is 573. The Balaban J connectivity index is 1.84. The summed E-state index contributed by atoms with van der Waals surface area (Å²) >= 11 is 0. The second-order valence-corrected chi connectivity index (χ2v) is 5.40. The molecule has 0 bridgehead atoms. The maximum Gasteiger partial charge on any atom is 0.258 e. The average molecular weight is 272 g/mol. The summed E-state index contributed by atoms with van der Waals surface area (Å²) in [6.07, 6.45) is 3.53. The van der Waals surface area contributed by atoms with Gasteiger partial charge in [0.15, 0.2) is 5.82 Å². The third-order valence-electron chi connectivity index (χ3n) is 3.67. The highest BCUT2D eigenvalue weighted by atomic mass is 16.5. The Hall–Kier alpha value is -1.88. The summed E-state index contributed by atoms with van der Waals surface area (Å²) in [7, 11) is 4.04. The van der Waals surface area contributed by atoms with E-state index in [1.165, 1.54) is 12.8 Å². The molecule has 5 heteroatoms. The number of aromatic nitrogens is 2. The summed E-state index contributed by atoms with van der Waals surface area (Å²) in [5.74, 6) is 1.37. The van der Waals surface area contributed by atoms with Crippen LogP contribution >= 0.6 is 0 Å². The Kier molecular flexibility index (Phi) is 3.69. The Morgan fingerprint density at radius 1 is 1.30 bits per heavy atom. The number of nitrogens with zero attached hydrogens (tertiary/aromatic N) is 3. The van der Waals surface area contributed by atoms with E-state index in [1.807, 2.05) is 26.2 Å². The number of nitrogens with one attached hydrogen (secondary N) is 1. The van der Waals surface area contributed by atoms with Gasteiger partial charge in [0.05, 0.1) is 6.04 Å². The van der Waals surface area contributed by atoms with Gasteiger partial charge in [0, 0.05) is 25.3 Å². The van der Waals surface area contributed by atoms with E-state index in [1.54, 1.807) is 0 Å². The minimum atomic E-state index is 0.235. The van der Waals surface area contributed by atoms with Crippen molar-refractivity contribution in [2.75, 3.05) is 25.5 Å². The summed E-state index contributed by atoms with van der Waals surface area (Å²) in [6.45, 7) is 1.03. The predicted octanol–water partition coefficient (Wildman–Crippen LogP) is 2.62. The maximum absolute atomic E-state index is 5.42. The highest BCUT2D eigenvalue weighted by molar-refractivity contribution is 5.61. The molecule has 1 aromatic heterocycles. The van der Waals surface area contributed by atoms with Crippen molar-refractivity contribution in [3.05, 3.63) is 30.1 Å². The molecular weight excluding hydrogens is 252 g/mol. The summed E-state index contributed by atoms with van der Waals surface area (Å²) < 4.78 is 5.42. The van der Waals surface area contributed by atoms with Crippen LogP contribution in [-0.2, 0) is 0 Å². The van der Waals surface area contributed by atoms with Crippen LogP contribution in [0.4, 0.5) is 5.69 Å². The molecular formula is C15H20N4O. The summed E-state index contributed by atoms with van der Waals surface area (Å²) in [4.78, 5) is 6.60. The van der Waals surface area contributed by atoms with E-state index < -0.39 is 0 Å². The van der Waals surface area contributed by atoms with Gasteiger partial charge in [-0.3, -0.25) is 0 Å². The number of hydrogen-bond acceptors (Lipinski definition) is 5. The SMILES string of the molecule is CN(C)c1cccc(-c2nc(C3CCCCN3)no2)c1. The lowest BCUT2D eigenvalue weighted by atomic mass is 10.0. The van der Waals surface area contributed by atoms with E-state index in [2.05, 4.69) is 32.5 Å². The summed E-state index contributed by atoms with van der Waals surface area (Å²) in [5, 5.41) is 7.57. The molecule has 0 amide bonds. The molecule has 3 rings (SSSR count). The second kappa shape index (κ2) is 5.63. The van der Waals surface area contributed by atoms with Crippen molar-refractivity contribution in [3.8, 4) is 11.5 Å². The van der Waals surface area contributed by atoms with Crippen molar-refractivity contribution in [3.63, 3.8) is 0 Å². The van der Waals surface area contributed by atoms with Crippen molar-refractivity contribution in [2.24, 2.45) is 0 Å². The molecule has 1 aliphatic rings. The van der Waals surface area contributed by atoms with Gasteiger partial charge in [-0.15, -0.1) is 0 Å². The van der Waals surface area contributed by atoms with Gasteiger partial charge in [0.25, 0.3) is 5.89 Å². The zero-order chi connectivity index (χ0) is 13.9. The molecule has 0 spiro atoms. The average Bonchev–Trinajstić information content (AvgIpc) is 2.98. The van der Waals surface area contributed by atoms with Crippen molar-refractivity contribution in [1.29, 1.82) is 0 Å². The minimum Gasteiger partial charge on any atom is -0.378 e. The Labute approximate surface area is 119 Å². The molecule has 2 aromatic rings. The molecule has 2 heterocycles. The monoisotopic (exact) mass is 272 g/mol. The maximum atomic E-state index is 5.42. The first kappa shape index (κ1) is 13.1. The number of piperidine rings is 1. The predicted molar refractivity (Wildman–Crippen MR) is 78.7 cm³/mol. The first-order chi connectivity index (χ1) is 9.74. The molecule has 0 radical (unpaired) electrons. The lowest BCUT2D eigenvalue weighted by Gasteiger charge is -2.19. The van der Waals surface area contributed by atoms with Gasteiger partial charge in [0.2, 0.25) is 0 Å². The topological polar surface area (TPSA) is 54.2 Å². The zero-order valence-corrected chi connectivity index (χ0v) is 12.0. The van der Waals surface area contributed by atoms with Crippen LogP contribution < -0.4 is 10.2 Å². The molecule has 0 aliphatic carbocycles. The van der Waals surface area contributed by atoms with E-state index in [0.29, 0.717) is 5.89 Å².